The third-order valence-corrected chi connectivity index (χ3v) is 6.72. The molecule has 4 heterocycles. The molecule has 0 unspecified atom stereocenters. The molecule has 0 saturated heterocycles. The first kappa shape index (κ1) is 22.8. The highest BCUT2D eigenvalue weighted by Gasteiger charge is 2.20. The Balaban J connectivity index is 1.51. The van der Waals surface area contributed by atoms with Gasteiger partial charge in [0, 0.05) is 29.2 Å². The van der Waals surface area contributed by atoms with E-state index in [4.69, 9.17) is 9.51 Å². The van der Waals surface area contributed by atoms with Crippen LogP contribution in [0.25, 0.3) is 22.5 Å². The van der Waals surface area contributed by atoms with Crippen molar-refractivity contribution in [1.29, 1.82) is 0 Å². The molecule has 0 atom stereocenters. The van der Waals surface area contributed by atoms with Gasteiger partial charge in [-0.25, -0.2) is 14.5 Å². The molecule has 0 aliphatic heterocycles. The van der Waals surface area contributed by atoms with Gasteiger partial charge in [0.25, 0.3) is 5.56 Å². The van der Waals surface area contributed by atoms with Gasteiger partial charge >= 0.3 is 0 Å². The summed E-state index contributed by atoms with van der Waals surface area (Å²) < 4.78 is 8.58. The lowest BCUT2D eigenvalue weighted by Crippen LogP contribution is -2.23. The molecule has 0 N–H and O–H groups in total. The smallest absolute Gasteiger partial charge is 0.267 e. The van der Waals surface area contributed by atoms with Crippen molar-refractivity contribution in [3.05, 3.63) is 93.4 Å². The van der Waals surface area contributed by atoms with Gasteiger partial charge in [-0.3, -0.25) is 14.2 Å². The van der Waals surface area contributed by atoms with Crippen LogP contribution in [0.5, 0.6) is 0 Å². The highest BCUT2D eigenvalue weighted by molar-refractivity contribution is 7.99. The van der Waals surface area contributed by atoms with Crippen molar-refractivity contribution in [3.63, 3.8) is 0 Å². The van der Waals surface area contributed by atoms with Crippen LogP contribution in [0.1, 0.15) is 33.1 Å². The van der Waals surface area contributed by atoms with Crippen molar-refractivity contribution in [3.8, 4) is 11.6 Å². The van der Waals surface area contributed by atoms with Crippen LogP contribution in [0.4, 0.5) is 0 Å². The van der Waals surface area contributed by atoms with Crippen LogP contribution < -0.4 is 5.56 Å². The number of carbonyl (C=O) groups excluding carboxylic acids is 1. The molecule has 5 aromatic rings. The maximum Gasteiger partial charge on any atom is 0.267 e. The minimum absolute atomic E-state index is 0.0691. The molecule has 1 aromatic carbocycles. The molecular formula is C26H23N5O3S. The van der Waals surface area contributed by atoms with Crippen LogP contribution in [-0.2, 0) is 0 Å². The number of fused-ring (bicyclic) bond motifs is 1. The summed E-state index contributed by atoms with van der Waals surface area (Å²) in [6, 6.07) is 14.5. The molecule has 0 fully saturated rings. The number of aryl methyl sites for hydroxylation is 3. The molecule has 0 aliphatic rings. The summed E-state index contributed by atoms with van der Waals surface area (Å²) in [6.45, 7) is 7.57. The lowest BCUT2D eigenvalue weighted by atomic mass is 10.2. The maximum atomic E-state index is 13.4. The fourth-order valence-electron chi connectivity index (χ4n) is 4.07. The molecule has 0 radical (unpaired) electrons. The monoisotopic (exact) mass is 485 g/mol. The average molecular weight is 486 g/mol. The number of hydrogen-bond donors (Lipinski definition) is 0. The topological polar surface area (TPSA) is 95.8 Å². The van der Waals surface area contributed by atoms with Gasteiger partial charge in [0.2, 0.25) is 0 Å². The molecule has 0 bridgehead atoms. The Labute approximate surface area is 205 Å². The Morgan fingerprint density at radius 1 is 1.00 bits per heavy atom. The molecule has 8 nitrogen and oxygen atoms in total. The molecule has 9 heteroatoms. The highest BCUT2D eigenvalue weighted by Crippen LogP contribution is 2.25. The number of hydrogen-bond acceptors (Lipinski definition) is 7. The molecule has 176 valence electrons. The van der Waals surface area contributed by atoms with E-state index in [1.165, 1.54) is 16.3 Å². The Hall–Kier alpha value is -3.98. The number of Topliss-reactive ketones (excluding diaryl/α,β-unsaturated/α-hetero) is 1. The third-order valence-electron chi connectivity index (χ3n) is 5.78. The second-order valence-electron chi connectivity index (χ2n) is 8.37. The van der Waals surface area contributed by atoms with Gasteiger partial charge in [0.15, 0.2) is 16.8 Å². The summed E-state index contributed by atoms with van der Waals surface area (Å²) in [6.07, 6.45) is 1.71. The van der Waals surface area contributed by atoms with Crippen LogP contribution in [0.3, 0.4) is 0 Å². The molecule has 0 spiro atoms. The predicted octanol–water partition coefficient (Wildman–Crippen LogP) is 4.77. The van der Waals surface area contributed by atoms with E-state index in [0.29, 0.717) is 39.0 Å². The van der Waals surface area contributed by atoms with Crippen LogP contribution in [0.15, 0.2) is 69.2 Å². The van der Waals surface area contributed by atoms with Crippen LogP contribution in [0, 0.1) is 27.7 Å². The van der Waals surface area contributed by atoms with Gasteiger partial charge < -0.3 is 4.52 Å². The van der Waals surface area contributed by atoms with E-state index in [1.807, 2.05) is 56.5 Å². The fraction of sp³-hybridized carbons (Fsp3) is 0.192. The van der Waals surface area contributed by atoms with E-state index in [9.17, 15) is 9.59 Å². The molecule has 0 amide bonds. The van der Waals surface area contributed by atoms with Gasteiger partial charge in [-0.05, 0) is 57.5 Å². The SMILES string of the molecule is Cc1ccc(-n2c(SCC(=O)c3cc(C)n(-c4cc(C)on4)c3C)nc3ccccc3c2=O)nc1. The summed E-state index contributed by atoms with van der Waals surface area (Å²) >= 11 is 1.22. The number of nitrogens with zero attached hydrogens (tertiary/aromatic N) is 5. The van der Waals surface area contributed by atoms with Gasteiger partial charge in [0.1, 0.15) is 11.6 Å². The molecule has 5 rings (SSSR count). The first-order valence-corrected chi connectivity index (χ1v) is 12.1. The van der Waals surface area contributed by atoms with Crippen molar-refractivity contribution < 1.29 is 9.32 Å². The number of aromatic nitrogens is 5. The number of rotatable bonds is 6. The van der Waals surface area contributed by atoms with E-state index >= 15 is 0 Å². The van der Waals surface area contributed by atoms with Crippen molar-refractivity contribution in [2.75, 3.05) is 5.75 Å². The first-order chi connectivity index (χ1) is 16.8. The van der Waals surface area contributed by atoms with E-state index in [2.05, 4.69) is 10.1 Å². The van der Waals surface area contributed by atoms with E-state index < -0.39 is 0 Å². The lowest BCUT2D eigenvalue weighted by Gasteiger charge is -2.12. The van der Waals surface area contributed by atoms with Crippen LogP contribution >= 0.6 is 11.8 Å². The summed E-state index contributed by atoms with van der Waals surface area (Å²) in [4.78, 5) is 35.8. The van der Waals surface area contributed by atoms with E-state index in [-0.39, 0.29) is 17.1 Å². The summed E-state index contributed by atoms with van der Waals surface area (Å²) in [5.74, 6) is 1.84. The fourth-order valence-corrected chi connectivity index (χ4v) is 4.95. The number of pyridine rings is 1. The number of ketones is 1. The number of para-hydroxylation sites is 1. The summed E-state index contributed by atoms with van der Waals surface area (Å²) in [5, 5.41) is 4.99. The minimum Gasteiger partial charge on any atom is -0.360 e. The first-order valence-electron chi connectivity index (χ1n) is 11.1. The Bertz CT molecular complexity index is 1630. The second kappa shape index (κ2) is 8.99. The Morgan fingerprint density at radius 2 is 1.80 bits per heavy atom. The molecule has 4 aromatic heterocycles. The van der Waals surface area contributed by atoms with Gasteiger partial charge in [-0.1, -0.05) is 35.1 Å². The highest BCUT2D eigenvalue weighted by atomic mass is 32.2. The number of carbonyl (C=O) groups is 1. The predicted molar refractivity (Wildman–Crippen MR) is 135 cm³/mol. The molecule has 35 heavy (non-hydrogen) atoms. The summed E-state index contributed by atoms with van der Waals surface area (Å²) in [5.41, 5.74) is 3.60. The van der Waals surface area contributed by atoms with Crippen LogP contribution in [0.2, 0.25) is 0 Å². The van der Waals surface area contributed by atoms with Crippen molar-refractivity contribution >= 4 is 28.4 Å². The van der Waals surface area contributed by atoms with Gasteiger partial charge in [-0.15, -0.1) is 0 Å². The molecule has 0 aliphatic carbocycles. The average Bonchev–Trinajstić information content (AvgIpc) is 3.40. The van der Waals surface area contributed by atoms with Crippen molar-refractivity contribution in [2.24, 2.45) is 0 Å². The number of benzene rings is 1. The van der Waals surface area contributed by atoms with E-state index in [1.54, 1.807) is 30.5 Å². The maximum absolute atomic E-state index is 13.4. The number of thioether (sulfide) groups is 1. The molecular weight excluding hydrogens is 462 g/mol. The largest absolute Gasteiger partial charge is 0.360 e. The van der Waals surface area contributed by atoms with E-state index in [0.717, 1.165) is 17.0 Å². The van der Waals surface area contributed by atoms with Gasteiger partial charge in [0.05, 0.1) is 16.7 Å². The van der Waals surface area contributed by atoms with Crippen molar-refractivity contribution in [1.82, 2.24) is 24.3 Å². The zero-order valence-corrected chi connectivity index (χ0v) is 20.6. The zero-order chi connectivity index (χ0) is 24.7. The molecule has 0 saturated carbocycles. The zero-order valence-electron chi connectivity index (χ0n) is 19.8. The minimum atomic E-state index is -0.221. The second-order valence-corrected chi connectivity index (χ2v) is 9.32. The van der Waals surface area contributed by atoms with Crippen molar-refractivity contribution in [2.45, 2.75) is 32.9 Å². The third kappa shape index (κ3) is 4.19. The van der Waals surface area contributed by atoms with Gasteiger partial charge in [-0.2, -0.15) is 0 Å². The quantitative estimate of drug-likeness (QED) is 0.194. The van der Waals surface area contributed by atoms with Crippen LogP contribution in [-0.4, -0.2) is 35.8 Å². The Morgan fingerprint density at radius 3 is 2.51 bits per heavy atom. The normalized spacial score (nSPS) is 11.3. The summed E-state index contributed by atoms with van der Waals surface area (Å²) in [7, 11) is 0. The Kier molecular flexibility index (Phi) is 5.86. The standard InChI is InChI=1S/C26H23N5O3S/c1-15-9-10-23(27-13-15)31-25(33)19-7-5-6-8-21(19)28-26(31)35-14-22(32)20-11-16(2)30(18(20)4)24-12-17(3)34-29-24/h5-13H,14H2,1-4H3. The lowest BCUT2D eigenvalue weighted by molar-refractivity contribution is 0.102.